The van der Waals surface area contributed by atoms with Crippen molar-refractivity contribution in [3.05, 3.63) is 173 Å². The van der Waals surface area contributed by atoms with Gasteiger partial charge in [-0.05, 0) is 125 Å². The number of hydrogen-bond donors (Lipinski definition) is 0. The van der Waals surface area contributed by atoms with Crippen LogP contribution in [-0.2, 0) is 13.5 Å². The van der Waals surface area contributed by atoms with E-state index >= 15 is 0 Å². The molecule has 2 nitrogen and oxygen atoms in total. The molecule has 2 atom stereocenters. The van der Waals surface area contributed by atoms with Crippen molar-refractivity contribution in [2.45, 2.75) is 204 Å². The first-order valence-corrected chi connectivity index (χ1v) is 34.3. The standard InChI is InChI=1S/C39H46N2.C18H33P.C7H6.2ClH.Ru/c1-26(2)32-21-15-23-34(36(32)28(5)6)40-25-41(35-24-16-22-33(27(3)4)37(35)29(7)8)39(31-19-13-10-14-20-31)38(40)30-17-11-9-12-18-30;1-4-10-16(11-5-1)19(17-12-6-2-7-13-17)18-14-8-3-9-15-18;1-7-5-3-2-4-6-7;;;/h9-24,26-29,38-39H,1-8H3;16-18H,1-15H2;1-6H;2*1H;/q;;;;;+2/p-2/t38-,39-;;;;;/m1...../s1. The fourth-order valence-electron chi connectivity index (χ4n) is 12.4. The van der Waals surface area contributed by atoms with E-state index in [0.717, 1.165) is 5.56 Å². The second kappa shape index (κ2) is 27.5. The van der Waals surface area contributed by atoms with Gasteiger partial charge in [0.1, 0.15) is 0 Å². The van der Waals surface area contributed by atoms with Gasteiger partial charge in [0.05, 0.1) is 12.1 Å². The van der Waals surface area contributed by atoms with Crippen LogP contribution in [0.5, 0.6) is 0 Å². The van der Waals surface area contributed by atoms with E-state index in [1.807, 2.05) is 34.9 Å². The predicted octanol–water partition coefficient (Wildman–Crippen LogP) is 20.2. The Kier molecular flexibility index (Phi) is 21.6. The molecule has 9 rings (SSSR count). The third-order valence-electron chi connectivity index (χ3n) is 15.5. The first-order valence-electron chi connectivity index (χ1n) is 27.3. The van der Waals surface area contributed by atoms with Crippen molar-refractivity contribution < 1.29 is 13.5 Å². The van der Waals surface area contributed by atoms with E-state index in [2.05, 4.69) is 169 Å². The molecule has 0 amide bonds. The average molecular weight is 1090 g/mol. The predicted molar refractivity (Wildman–Crippen MR) is 307 cm³/mol. The van der Waals surface area contributed by atoms with E-state index in [0.29, 0.717) is 31.6 Å². The monoisotopic (exact) mass is 1080 g/mol. The molecule has 6 heteroatoms. The first kappa shape index (κ1) is 55.0. The molecular formula is C64H85Cl2N2PRu. The molecule has 1 aliphatic heterocycles. The minimum absolute atomic E-state index is 0.0567. The van der Waals surface area contributed by atoms with Crippen LogP contribution >= 0.6 is 27.3 Å². The summed E-state index contributed by atoms with van der Waals surface area (Å²) in [6.07, 6.45) is 23.6. The van der Waals surface area contributed by atoms with Crippen molar-refractivity contribution in [2.24, 2.45) is 0 Å². The van der Waals surface area contributed by atoms with Gasteiger partial charge in [0.2, 0.25) is 6.67 Å². The Labute approximate surface area is 441 Å². The zero-order valence-corrected chi connectivity index (χ0v) is 48.1. The van der Waals surface area contributed by atoms with Gasteiger partial charge in [0, 0.05) is 11.4 Å². The molecule has 70 heavy (non-hydrogen) atoms. The molecule has 0 aromatic heterocycles. The van der Waals surface area contributed by atoms with Crippen LogP contribution < -0.4 is 9.80 Å². The normalized spacial score (nSPS) is 19.6. The van der Waals surface area contributed by atoms with Crippen molar-refractivity contribution in [3.8, 4) is 0 Å². The Morgan fingerprint density at radius 2 is 0.786 bits per heavy atom. The SMILES string of the molecule is C1CCC(P(C2CCCCC2)C2CCCCC2)CC1.CC(C)c1cccc(N2[C]N(c3cccc(C(C)C)c3C(C)C)[C@H](c3ccccc3)[C@H]2c2ccccc2)c1C(C)C.[Cl][Ru]([Cl])=[CH]c1ccccc1. The third-order valence-corrected chi connectivity index (χ3v) is 21.4. The molecule has 0 N–H and O–H groups in total. The van der Waals surface area contributed by atoms with Crippen LogP contribution in [0.3, 0.4) is 0 Å². The van der Waals surface area contributed by atoms with Gasteiger partial charge in [-0.1, -0.05) is 206 Å². The molecule has 4 aliphatic rings. The molecule has 0 spiro atoms. The van der Waals surface area contributed by atoms with Crippen molar-refractivity contribution >= 4 is 43.3 Å². The maximum atomic E-state index is 5.67. The molecule has 1 heterocycles. The van der Waals surface area contributed by atoms with Gasteiger partial charge in [-0.2, -0.15) is 0 Å². The summed E-state index contributed by atoms with van der Waals surface area (Å²) in [6, 6.07) is 45.8. The minimum atomic E-state index is -1.61. The van der Waals surface area contributed by atoms with Crippen LogP contribution in [0.1, 0.15) is 226 Å². The van der Waals surface area contributed by atoms with E-state index in [-0.39, 0.29) is 12.1 Å². The third kappa shape index (κ3) is 14.3. The van der Waals surface area contributed by atoms with Gasteiger partial charge in [-0.3, -0.25) is 0 Å². The summed E-state index contributed by atoms with van der Waals surface area (Å²) in [4.78, 5) is 4.92. The molecule has 5 aromatic carbocycles. The Morgan fingerprint density at radius 1 is 0.443 bits per heavy atom. The fraction of sp³-hybridized carbons (Fsp3) is 0.500. The summed E-state index contributed by atoms with van der Waals surface area (Å²) < 4.78 is 1.92. The van der Waals surface area contributed by atoms with Gasteiger partial charge in [0.15, 0.2) is 0 Å². The summed E-state index contributed by atoms with van der Waals surface area (Å²) in [6.45, 7) is 22.6. The Morgan fingerprint density at radius 3 is 1.10 bits per heavy atom. The van der Waals surface area contributed by atoms with Crippen LogP contribution in [0.2, 0.25) is 0 Å². The summed E-state index contributed by atoms with van der Waals surface area (Å²) in [5.41, 5.74) is 15.5. The Balaban J connectivity index is 0.000000202. The van der Waals surface area contributed by atoms with Crippen LogP contribution in [-0.4, -0.2) is 21.6 Å². The molecular weight excluding hydrogens is 1000 g/mol. The number of rotatable bonds is 12. The van der Waals surface area contributed by atoms with Crippen LogP contribution in [0.25, 0.3) is 0 Å². The van der Waals surface area contributed by atoms with E-state index in [1.165, 1.54) is 81.0 Å². The number of anilines is 2. The zero-order valence-electron chi connectivity index (χ0n) is 44.0. The molecule has 4 fully saturated rings. The second-order valence-corrected chi connectivity index (χ2v) is 30.6. The number of hydrogen-bond acceptors (Lipinski definition) is 2. The molecule has 3 saturated carbocycles. The Hall–Kier alpha value is -2.80. The van der Waals surface area contributed by atoms with E-state index in [4.69, 9.17) is 19.4 Å². The molecule has 378 valence electrons. The van der Waals surface area contributed by atoms with Crippen molar-refractivity contribution in [1.82, 2.24) is 0 Å². The maximum absolute atomic E-state index is 5.67. The van der Waals surface area contributed by atoms with Crippen molar-refractivity contribution in [1.29, 1.82) is 0 Å². The number of nitrogens with zero attached hydrogens (tertiary/aromatic N) is 2. The van der Waals surface area contributed by atoms with Crippen molar-refractivity contribution in [3.63, 3.8) is 0 Å². The summed E-state index contributed by atoms with van der Waals surface area (Å²) in [7, 11) is 11.7. The molecule has 1 saturated heterocycles. The number of benzene rings is 5. The Bertz CT molecular complexity index is 2170. The van der Waals surface area contributed by atoms with E-state index in [9.17, 15) is 0 Å². The summed E-state index contributed by atoms with van der Waals surface area (Å²) in [5, 5.41) is 0. The molecule has 0 unspecified atom stereocenters. The summed E-state index contributed by atoms with van der Waals surface area (Å²) in [5.74, 6) is 1.67. The molecule has 3 aliphatic carbocycles. The molecule has 0 bridgehead atoms. The summed E-state index contributed by atoms with van der Waals surface area (Å²) >= 11 is -1.61. The van der Waals surface area contributed by atoms with Gasteiger partial charge in [0.25, 0.3) is 0 Å². The van der Waals surface area contributed by atoms with E-state index < -0.39 is 13.5 Å². The first-order chi connectivity index (χ1) is 33.9. The fourth-order valence-corrected chi connectivity index (χ4v) is 18.9. The second-order valence-electron chi connectivity index (χ2n) is 21.8. The van der Waals surface area contributed by atoms with Gasteiger partial charge >= 0.3 is 73.4 Å². The van der Waals surface area contributed by atoms with Crippen LogP contribution in [0.15, 0.2) is 127 Å². The van der Waals surface area contributed by atoms with Crippen LogP contribution in [0.4, 0.5) is 11.4 Å². The zero-order chi connectivity index (χ0) is 49.6. The van der Waals surface area contributed by atoms with E-state index in [1.54, 1.807) is 77.0 Å². The van der Waals surface area contributed by atoms with Crippen LogP contribution in [0, 0.1) is 6.67 Å². The number of halogens is 2. The van der Waals surface area contributed by atoms with Gasteiger partial charge < -0.3 is 9.80 Å². The van der Waals surface area contributed by atoms with Gasteiger partial charge in [-0.25, -0.2) is 0 Å². The topological polar surface area (TPSA) is 6.48 Å². The van der Waals surface area contributed by atoms with Crippen molar-refractivity contribution in [2.75, 3.05) is 9.80 Å². The average Bonchev–Trinajstić information content (AvgIpc) is 3.78. The van der Waals surface area contributed by atoms with Gasteiger partial charge in [-0.15, -0.1) is 0 Å². The quantitative estimate of drug-likeness (QED) is 0.0907. The molecule has 5 aromatic rings. The molecule has 2 radical (unpaired) electrons.